The van der Waals surface area contributed by atoms with E-state index in [4.69, 9.17) is 18.5 Å². The molecule has 2 unspecified atom stereocenters. The van der Waals surface area contributed by atoms with Gasteiger partial charge < -0.3 is 18.9 Å². The molecule has 1 N–H and O–H groups in total. The topological polar surface area (TPSA) is 108 Å². The molecular weight excluding hydrogens is 750 g/mol. The molecule has 10 heteroatoms. The van der Waals surface area contributed by atoms with Crippen molar-refractivity contribution in [1.29, 1.82) is 0 Å². The van der Waals surface area contributed by atoms with Gasteiger partial charge >= 0.3 is 19.8 Å². The van der Waals surface area contributed by atoms with Crippen molar-refractivity contribution in [3.8, 4) is 0 Å². The number of carbonyl (C=O) groups is 2. The highest BCUT2D eigenvalue weighted by atomic mass is 31.2. The Hall–Kier alpha value is -3.59. The van der Waals surface area contributed by atoms with Crippen molar-refractivity contribution in [2.75, 3.05) is 47.5 Å². The molecule has 0 aliphatic rings. The smallest absolute Gasteiger partial charge is 0.462 e. The first-order chi connectivity index (χ1) is 28.0. The van der Waals surface area contributed by atoms with Crippen LogP contribution in [0, 0.1) is 0 Å². The van der Waals surface area contributed by atoms with Crippen LogP contribution in [0.2, 0.25) is 0 Å². The van der Waals surface area contributed by atoms with Gasteiger partial charge in [0.2, 0.25) is 0 Å². The number of allylic oxidation sites excluding steroid dienone is 20. The van der Waals surface area contributed by atoms with E-state index in [1.54, 1.807) is 0 Å². The number of hydrogen-bond donors (Lipinski definition) is 1. The average Bonchev–Trinajstić information content (AvgIpc) is 3.17. The number of nitrogens with zero attached hydrogens (tertiary/aromatic N) is 1. The molecule has 0 rings (SSSR count). The Bertz CT molecular complexity index is 1390. The second-order valence-corrected chi connectivity index (χ2v) is 16.1. The minimum Gasteiger partial charge on any atom is -0.462 e. The molecule has 326 valence electrons. The Morgan fingerprint density at radius 1 is 0.534 bits per heavy atom. The number of phosphoric acid groups is 1. The molecule has 0 fully saturated rings. The van der Waals surface area contributed by atoms with Crippen molar-refractivity contribution < 1.29 is 42.1 Å². The summed E-state index contributed by atoms with van der Waals surface area (Å²) in [4.78, 5) is 35.3. The molecule has 0 aromatic rings. The molecule has 0 saturated heterocycles. The second kappa shape index (κ2) is 38.9. The number of unbranched alkanes of at least 4 members (excludes halogenated alkanes) is 2. The summed E-state index contributed by atoms with van der Waals surface area (Å²) < 4.78 is 34.1. The van der Waals surface area contributed by atoms with Gasteiger partial charge in [-0.05, 0) is 89.9 Å². The molecule has 0 spiro atoms. The van der Waals surface area contributed by atoms with Crippen LogP contribution in [0.4, 0.5) is 0 Å². The highest BCUT2D eigenvalue weighted by Gasteiger charge is 2.27. The first kappa shape index (κ1) is 54.4. The molecule has 0 radical (unpaired) electrons. The van der Waals surface area contributed by atoms with Gasteiger partial charge in [0.05, 0.1) is 27.7 Å². The highest BCUT2D eigenvalue weighted by Crippen LogP contribution is 2.43. The molecule has 0 heterocycles. The van der Waals surface area contributed by atoms with Gasteiger partial charge in [-0.15, -0.1) is 0 Å². The van der Waals surface area contributed by atoms with Crippen LogP contribution in [0.25, 0.3) is 0 Å². The lowest BCUT2D eigenvalue weighted by Gasteiger charge is -2.24. The van der Waals surface area contributed by atoms with E-state index in [9.17, 15) is 19.0 Å². The minimum absolute atomic E-state index is 0.00437. The summed E-state index contributed by atoms with van der Waals surface area (Å²) in [5, 5.41) is 0. The summed E-state index contributed by atoms with van der Waals surface area (Å²) in [5.74, 6) is -0.952. The number of likely N-dealkylation sites (N-methyl/N-ethyl adjacent to an activating group) is 1. The van der Waals surface area contributed by atoms with E-state index in [1.807, 2.05) is 33.3 Å². The summed E-state index contributed by atoms with van der Waals surface area (Å²) in [6, 6.07) is 0. The van der Waals surface area contributed by atoms with Crippen LogP contribution in [0.15, 0.2) is 122 Å². The lowest BCUT2D eigenvalue weighted by Crippen LogP contribution is -2.37. The Morgan fingerprint density at radius 3 is 1.28 bits per heavy atom. The van der Waals surface area contributed by atoms with Gasteiger partial charge in [0.1, 0.15) is 19.8 Å². The molecule has 0 amide bonds. The number of quaternary nitrogens is 1. The summed E-state index contributed by atoms with van der Waals surface area (Å²) in [5.41, 5.74) is 0. The fraction of sp³-hybridized carbons (Fsp3) is 0.542. The molecule has 0 saturated carbocycles. The average molecular weight is 827 g/mol. The number of phosphoric ester groups is 1. The van der Waals surface area contributed by atoms with Crippen LogP contribution in [-0.2, 0) is 32.7 Å². The number of ether oxygens (including phenoxy) is 2. The van der Waals surface area contributed by atoms with Crippen LogP contribution >= 0.6 is 7.82 Å². The molecule has 9 nitrogen and oxygen atoms in total. The van der Waals surface area contributed by atoms with Crippen LogP contribution in [-0.4, -0.2) is 74.9 Å². The van der Waals surface area contributed by atoms with E-state index in [0.29, 0.717) is 30.3 Å². The van der Waals surface area contributed by atoms with Gasteiger partial charge in [-0.1, -0.05) is 135 Å². The normalized spacial score (nSPS) is 14.8. The molecular formula is C48H77NO8P+. The van der Waals surface area contributed by atoms with E-state index >= 15 is 0 Å². The standard InChI is InChI=1S/C48H76NO8P/c1-6-8-10-12-14-16-18-20-22-24-26-28-30-32-34-36-38-40-47(50)54-44-46(45-56-58(52,53)55-43-42-49(3,4)5)57-48(51)41-39-37-35-33-31-29-27-25-23-21-19-17-15-13-11-9-7-2/h8-11,14-17,20-23,26-29,32-35,46H,6-7,12-13,18-19,24-25,30-31,36-45H2,1-5H3/p+1/b10-8+,11-9+,16-14+,17-15+,22-20+,23-21+,28-26+,29-27+,34-32+,35-33+. The maximum Gasteiger partial charge on any atom is 0.472 e. The van der Waals surface area contributed by atoms with Gasteiger partial charge in [-0.3, -0.25) is 18.6 Å². The predicted molar refractivity (Wildman–Crippen MR) is 242 cm³/mol. The van der Waals surface area contributed by atoms with Crippen LogP contribution in [0.3, 0.4) is 0 Å². The van der Waals surface area contributed by atoms with Crippen molar-refractivity contribution in [2.45, 2.75) is 123 Å². The molecule has 0 aliphatic heterocycles. The van der Waals surface area contributed by atoms with Crippen molar-refractivity contribution >= 4 is 19.8 Å². The van der Waals surface area contributed by atoms with Crippen molar-refractivity contribution in [2.24, 2.45) is 0 Å². The van der Waals surface area contributed by atoms with Crippen LogP contribution < -0.4 is 0 Å². The Balaban J connectivity index is 4.61. The van der Waals surface area contributed by atoms with E-state index < -0.39 is 32.5 Å². The van der Waals surface area contributed by atoms with E-state index in [2.05, 4.69) is 123 Å². The van der Waals surface area contributed by atoms with Crippen molar-refractivity contribution in [3.05, 3.63) is 122 Å². The predicted octanol–water partition coefficient (Wildman–Crippen LogP) is 12.1. The van der Waals surface area contributed by atoms with Crippen molar-refractivity contribution in [3.63, 3.8) is 0 Å². The lowest BCUT2D eigenvalue weighted by molar-refractivity contribution is -0.870. The Kier molecular flexibility index (Phi) is 36.5. The maximum atomic E-state index is 12.7. The summed E-state index contributed by atoms with van der Waals surface area (Å²) in [7, 11) is 1.38. The molecule has 0 aromatic carbocycles. The maximum absolute atomic E-state index is 12.7. The molecule has 0 aromatic heterocycles. The zero-order valence-corrected chi connectivity index (χ0v) is 37.4. The largest absolute Gasteiger partial charge is 0.472 e. The summed E-state index contributed by atoms with van der Waals surface area (Å²) in [6.07, 6.45) is 54.1. The van der Waals surface area contributed by atoms with Crippen molar-refractivity contribution in [1.82, 2.24) is 0 Å². The molecule has 2 atom stereocenters. The van der Waals surface area contributed by atoms with Gasteiger partial charge in [-0.2, -0.15) is 0 Å². The number of esters is 2. The Morgan fingerprint density at radius 2 is 0.897 bits per heavy atom. The van der Waals surface area contributed by atoms with Gasteiger partial charge in [0, 0.05) is 12.8 Å². The first-order valence-electron chi connectivity index (χ1n) is 21.3. The van der Waals surface area contributed by atoms with E-state index in [-0.39, 0.29) is 26.1 Å². The zero-order valence-electron chi connectivity index (χ0n) is 36.5. The third-order valence-corrected chi connectivity index (χ3v) is 8.97. The molecule has 0 aliphatic carbocycles. The molecule has 0 bridgehead atoms. The van der Waals surface area contributed by atoms with Gasteiger partial charge in [0.25, 0.3) is 0 Å². The third-order valence-electron chi connectivity index (χ3n) is 7.99. The first-order valence-corrected chi connectivity index (χ1v) is 22.8. The fourth-order valence-corrected chi connectivity index (χ4v) is 5.47. The zero-order chi connectivity index (χ0) is 42.8. The van der Waals surface area contributed by atoms with E-state index in [1.165, 1.54) is 0 Å². The minimum atomic E-state index is -4.41. The summed E-state index contributed by atoms with van der Waals surface area (Å²) in [6.45, 7) is 4.02. The number of carbonyl (C=O) groups excluding carboxylic acids is 2. The third kappa shape index (κ3) is 42.0. The number of rotatable bonds is 36. The SMILES string of the molecule is CC/C=C/C/C=C/C/C=C/C/C=C/C/C=C/CCCC(=O)OCC(COP(=O)(O)OCC[N+](C)(C)C)OC(=O)CCC/C=C/C/C=C/C/C=C/C/C=C/C/C=C/CC. The summed E-state index contributed by atoms with van der Waals surface area (Å²) >= 11 is 0. The van der Waals surface area contributed by atoms with Gasteiger partial charge in [-0.25, -0.2) is 4.57 Å². The van der Waals surface area contributed by atoms with Crippen LogP contribution in [0.1, 0.15) is 117 Å². The van der Waals surface area contributed by atoms with Gasteiger partial charge in [0.15, 0.2) is 6.10 Å². The Labute approximate surface area is 352 Å². The van der Waals surface area contributed by atoms with Crippen LogP contribution in [0.5, 0.6) is 0 Å². The molecule has 58 heavy (non-hydrogen) atoms. The van der Waals surface area contributed by atoms with E-state index in [0.717, 1.165) is 70.6 Å². The lowest BCUT2D eigenvalue weighted by atomic mass is 10.2. The second-order valence-electron chi connectivity index (χ2n) is 14.6. The highest BCUT2D eigenvalue weighted by molar-refractivity contribution is 7.47. The quantitative estimate of drug-likeness (QED) is 0.0219. The number of hydrogen-bond acceptors (Lipinski definition) is 7. The fourth-order valence-electron chi connectivity index (χ4n) is 4.73. The monoisotopic (exact) mass is 827 g/mol.